The first-order chi connectivity index (χ1) is 10.1. The minimum absolute atomic E-state index is 0.0876. The van der Waals surface area contributed by atoms with Crippen molar-refractivity contribution in [2.45, 2.75) is 26.3 Å². The van der Waals surface area contributed by atoms with Gasteiger partial charge in [0.1, 0.15) is 0 Å². The van der Waals surface area contributed by atoms with Gasteiger partial charge in [-0.05, 0) is 25.8 Å². The van der Waals surface area contributed by atoms with Crippen LogP contribution in [0.5, 0.6) is 0 Å². The number of thiazole rings is 1. The molecule has 21 heavy (non-hydrogen) atoms. The summed E-state index contributed by atoms with van der Waals surface area (Å²) in [4.78, 5) is 24.5. The number of carbonyl (C=O) groups is 1. The summed E-state index contributed by atoms with van der Waals surface area (Å²) >= 11 is 1.73. The number of nitrogens with zero attached hydrogens (tertiary/aromatic N) is 3. The second kappa shape index (κ2) is 4.53. The minimum Gasteiger partial charge on any atom is -0.366 e. The fraction of sp³-hybridized carbons (Fsp3) is 0.400. The van der Waals surface area contributed by atoms with Crippen molar-refractivity contribution in [1.29, 1.82) is 0 Å². The highest BCUT2D eigenvalue weighted by molar-refractivity contribution is 7.12. The molecule has 1 saturated carbocycles. The molecule has 1 amide bonds. The molecule has 1 fully saturated rings. The SMILES string of the molecule is Cc1nc2c(s1)CN(C)c1c-2ccnc1NC(=O)C1CC1. The van der Waals surface area contributed by atoms with Gasteiger partial charge in [0.25, 0.3) is 0 Å². The maximum absolute atomic E-state index is 12.0. The van der Waals surface area contributed by atoms with Crippen LogP contribution in [0.2, 0.25) is 0 Å². The van der Waals surface area contributed by atoms with Crippen molar-refractivity contribution >= 4 is 28.7 Å². The lowest BCUT2D eigenvalue weighted by atomic mass is 10.1. The van der Waals surface area contributed by atoms with Crippen LogP contribution < -0.4 is 10.2 Å². The molecule has 0 bridgehead atoms. The van der Waals surface area contributed by atoms with Gasteiger partial charge in [0, 0.05) is 24.7 Å². The zero-order valence-electron chi connectivity index (χ0n) is 12.0. The summed E-state index contributed by atoms with van der Waals surface area (Å²) in [6, 6.07) is 1.98. The van der Waals surface area contributed by atoms with Gasteiger partial charge < -0.3 is 10.2 Å². The molecule has 0 spiro atoms. The molecule has 4 rings (SSSR count). The molecule has 1 N–H and O–H groups in total. The van der Waals surface area contributed by atoms with Crippen molar-refractivity contribution in [3.63, 3.8) is 0 Å². The number of carbonyl (C=O) groups excluding carboxylic acids is 1. The van der Waals surface area contributed by atoms with E-state index in [9.17, 15) is 4.79 Å². The Bertz CT molecular complexity index is 735. The van der Waals surface area contributed by atoms with Gasteiger partial charge in [-0.1, -0.05) is 0 Å². The maximum atomic E-state index is 12.0. The zero-order valence-corrected chi connectivity index (χ0v) is 12.8. The summed E-state index contributed by atoms with van der Waals surface area (Å²) in [5.74, 6) is 0.918. The van der Waals surface area contributed by atoms with Gasteiger partial charge in [0.05, 0.1) is 27.8 Å². The molecule has 3 heterocycles. The van der Waals surface area contributed by atoms with E-state index in [4.69, 9.17) is 0 Å². The van der Waals surface area contributed by atoms with Crippen molar-refractivity contribution in [3.8, 4) is 11.3 Å². The smallest absolute Gasteiger partial charge is 0.228 e. The van der Waals surface area contributed by atoms with E-state index in [1.807, 2.05) is 20.0 Å². The molecule has 1 aliphatic heterocycles. The largest absolute Gasteiger partial charge is 0.366 e. The van der Waals surface area contributed by atoms with E-state index < -0.39 is 0 Å². The number of aryl methyl sites for hydroxylation is 1. The second-order valence-electron chi connectivity index (χ2n) is 5.68. The standard InChI is InChI=1S/C15H16N4OS/c1-8-17-12-10-5-6-16-14(18-15(20)9-3-4-9)13(10)19(2)7-11(12)21-8/h5-6,9H,3-4,7H2,1-2H3,(H,16,18,20). The van der Waals surface area contributed by atoms with Gasteiger partial charge >= 0.3 is 0 Å². The Labute approximate surface area is 127 Å². The molecule has 0 radical (unpaired) electrons. The number of fused-ring (bicyclic) bond motifs is 3. The number of rotatable bonds is 2. The Morgan fingerprint density at radius 1 is 1.48 bits per heavy atom. The summed E-state index contributed by atoms with van der Waals surface area (Å²) in [7, 11) is 2.03. The lowest BCUT2D eigenvalue weighted by molar-refractivity contribution is -0.117. The van der Waals surface area contributed by atoms with Crippen molar-refractivity contribution in [3.05, 3.63) is 22.1 Å². The molecule has 5 nitrogen and oxygen atoms in total. The quantitative estimate of drug-likeness (QED) is 0.926. The topological polar surface area (TPSA) is 58.1 Å². The van der Waals surface area contributed by atoms with Gasteiger partial charge in [-0.3, -0.25) is 4.79 Å². The second-order valence-corrected chi connectivity index (χ2v) is 6.97. The van der Waals surface area contributed by atoms with Crippen LogP contribution in [-0.2, 0) is 11.3 Å². The Hall–Kier alpha value is -1.95. The molecule has 2 aromatic rings. The van der Waals surface area contributed by atoms with E-state index in [0.29, 0.717) is 5.82 Å². The Morgan fingerprint density at radius 3 is 3.05 bits per heavy atom. The molecule has 1 aliphatic carbocycles. The van der Waals surface area contributed by atoms with E-state index in [-0.39, 0.29) is 11.8 Å². The summed E-state index contributed by atoms with van der Waals surface area (Å²) < 4.78 is 0. The van der Waals surface area contributed by atoms with Crippen LogP contribution in [0.25, 0.3) is 11.3 Å². The number of amides is 1. The molecule has 2 aromatic heterocycles. The van der Waals surface area contributed by atoms with Gasteiger partial charge in [-0.25, -0.2) is 9.97 Å². The van der Waals surface area contributed by atoms with Crippen LogP contribution in [0.3, 0.4) is 0 Å². The third kappa shape index (κ3) is 2.10. The van der Waals surface area contributed by atoms with E-state index >= 15 is 0 Å². The molecule has 108 valence electrons. The first kappa shape index (κ1) is 12.8. The molecular formula is C15H16N4OS. The third-order valence-corrected chi connectivity index (χ3v) is 4.89. The summed E-state index contributed by atoms with van der Waals surface area (Å²) in [5, 5.41) is 4.05. The van der Waals surface area contributed by atoms with Gasteiger partial charge in [-0.15, -0.1) is 11.3 Å². The number of nitrogens with one attached hydrogen (secondary N) is 1. The average molecular weight is 300 g/mol. The molecule has 2 aliphatic rings. The van der Waals surface area contributed by atoms with Gasteiger partial charge in [-0.2, -0.15) is 0 Å². The molecule has 6 heteroatoms. The van der Waals surface area contributed by atoms with E-state index in [2.05, 4.69) is 20.2 Å². The molecule has 0 atom stereocenters. The fourth-order valence-electron chi connectivity index (χ4n) is 2.77. The summed E-state index contributed by atoms with van der Waals surface area (Å²) in [5.41, 5.74) is 3.07. The lowest BCUT2D eigenvalue weighted by Gasteiger charge is -2.28. The minimum atomic E-state index is 0.0876. The van der Waals surface area contributed by atoms with Gasteiger partial charge in [0.2, 0.25) is 5.91 Å². The van der Waals surface area contributed by atoms with Crippen LogP contribution in [0.15, 0.2) is 12.3 Å². The number of hydrogen-bond acceptors (Lipinski definition) is 5. The molecular weight excluding hydrogens is 284 g/mol. The lowest BCUT2D eigenvalue weighted by Crippen LogP contribution is -2.24. The van der Waals surface area contributed by atoms with E-state index in [1.54, 1.807) is 17.5 Å². The van der Waals surface area contributed by atoms with Crippen molar-refractivity contribution < 1.29 is 4.79 Å². The molecule has 0 unspecified atom stereocenters. The zero-order chi connectivity index (χ0) is 14.6. The first-order valence-electron chi connectivity index (χ1n) is 7.11. The normalized spacial score (nSPS) is 16.4. The van der Waals surface area contributed by atoms with Crippen LogP contribution in [-0.4, -0.2) is 22.9 Å². The Kier molecular flexibility index (Phi) is 2.75. The van der Waals surface area contributed by atoms with Crippen LogP contribution in [0, 0.1) is 12.8 Å². The van der Waals surface area contributed by atoms with Crippen LogP contribution in [0.4, 0.5) is 11.5 Å². The number of hydrogen-bond donors (Lipinski definition) is 1. The number of pyridine rings is 1. The average Bonchev–Trinajstić information content (AvgIpc) is 3.22. The van der Waals surface area contributed by atoms with Crippen LogP contribution >= 0.6 is 11.3 Å². The summed E-state index contributed by atoms with van der Waals surface area (Å²) in [6.45, 7) is 2.84. The Morgan fingerprint density at radius 2 is 2.29 bits per heavy atom. The Balaban J connectivity index is 1.80. The third-order valence-electron chi connectivity index (χ3n) is 3.94. The molecule has 0 saturated heterocycles. The highest BCUT2D eigenvalue weighted by Gasteiger charge is 2.32. The highest BCUT2D eigenvalue weighted by Crippen LogP contribution is 2.43. The van der Waals surface area contributed by atoms with Crippen LogP contribution in [0.1, 0.15) is 22.7 Å². The van der Waals surface area contributed by atoms with Crippen molar-refractivity contribution in [1.82, 2.24) is 9.97 Å². The maximum Gasteiger partial charge on any atom is 0.228 e. The number of aromatic nitrogens is 2. The van der Waals surface area contributed by atoms with E-state index in [1.165, 1.54) is 4.88 Å². The highest BCUT2D eigenvalue weighted by atomic mass is 32.1. The summed E-state index contributed by atoms with van der Waals surface area (Å²) in [6.07, 6.45) is 3.73. The molecule has 0 aromatic carbocycles. The monoisotopic (exact) mass is 300 g/mol. The first-order valence-corrected chi connectivity index (χ1v) is 7.93. The predicted octanol–water partition coefficient (Wildman–Crippen LogP) is 2.81. The fourth-order valence-corrected chi connectivity index (χ4v) is 3.77. The van der Waals surface area contributed by atoms with Crippen molar-refractivity contribution in [2.24, 2.45) is 5.92 Å². The number of anilines is 2. The van der Waals surface area contributed by atoms with Crippen molar-refractivity contribution in [2.75, 3.05) is 17.3 Å². The van der Waals surface area contributed by atoms with Gasteiger partial charge in [0.15, 0.2) is 5.82 Å². The van der Waals surface area contributed by atoms with E-state index in [0.717, 1.165) is 41.3 Å². The predicted molar refractivity (Wildman–Crippen MR) is 83.5 cm³/mol.